The highest BCUT2D eigenvalue weighted by atomic mass is 32.2. The van der Waals surface area contributed by atoms with Gasteiger partial charge in [0.15, 0.2) is 9.80 Å². The van der Waals surface area contributed by atoms with Crippen molar-refractivity contribution in [3.05, 3.63) is 52.5 Å². The van der Waals surface area contributed by atoms with E-state index < -0.39 is 0 Å². The van der Waals surface area contributed by atoms with E-state index in [0.29, 0.717) is 0 Å². The van der Waals surface area contributed by atoms with E-state index in [1.807, 2.05) is 13.8 Å². The Bertz CT molecular complexity index is 396. The molecule has 0 bridgehead atoms. The van der Waals surface area contributed by atoms with Gasteiger partial charge < -0.3 is 0 Å². The fraction of sp³-hybridized carbons (Fsp3) is 0.375. The summed E-state index contributed by atoms with van der Waals surface area (Å²) in [6.07, 6.45) is 7.11. The molecule has 1 aromatic carbocycles. The monoisotopic (exact) mass is 247 g/mol. The molecule has 0 radical (unpaired) electrons. The minimum atomic E-state index is 1.20. The van der Waals surface area contributed by atoms with E-state index in [0.717, 1.165) is 0 Å². The van der Waals surface area contributed by atoms with Crippen LogP contribution in [0.25, 0.3) is 0 Å². The second-order valence-corrected chi connectivity index (χ2v) is 5.36. The van der Waals surface area contributed by atoms with Crippen molar-refractivity contribution in [3.8, 4) is 0 Å². The van der Waals surface area contributed by atoms with Crippen molar-refractivity contribution in [2.45, 2.75) is 45.4 Å². The number of rotatable bonds is 2. The first kappa shape index (κ1) is 14.1. The molecular weight excluding hydrogens is 224 g/mol. The molecule has 1 aliphatic carbocycles. The highest BCUT2D eigenvalue weighted by molar-refractivity contribution is 7.83. The quantitative estimate of drug-likeness (QED) is 0.519. The minimum absolute atomic E-state index is 1.20. The Hall–Kier alpha value is -0.950. The Balaban J connectivity index is 0.000000686. The Morgan fingerprint density at radius 3 is 2.24 bits per heavy atom. The molecule has 0 heterocycles. The number of benzene rings is 1. The molecule has 1 heteroatoms. The molecule has 0 aliphatic heterocycles. The third-order valence-corrected chi connectivity index (χ3v) is 3.70. The van der Waals surface area contributed by atoms with Crippen molar-refractivity contribution >= 4 is 11.8 Å². The van der Waals surface area contributed by atoms with E-state index in [2.05, 4.69) is 50.3 Å². The Morgan fingerprint density at radius 2 is 1.65 bits per heavy atom. The van der Waals surface area contributed by atoms with Gasteiger partial charge in [0, 0.05) is 11.8 Å². The smallest absolute Gasteiger partial charge is 0.0683 e. The summed E-state index contributed by atoms with van der Waals surface area (Å²) >= 11 is 1.34. The molecule has 0 N–H and O–H groups in total. The van der Waals surface area contributed by atoms with Crippen LogP contribution in [0.4, 0.5) is 0 Å². The topological polar surface area (TPSA) is 0 Å². The zero-order valence-corrected chi connectivity index (χ0v) is 12.2. The van der Waals surface area contributed by atoms with Gasteiger partial charge in [0.1, 0.15) is 0 Å². The Labute approximate surface area is 110 Å². The lowest BCUT2D eigenvalue weighted by molar-refractivity contribution is 0.958. The van der Waals surface area contributed by atoms with Gasteiger partial charge in [-0.3, -0.25) is 0 Å². The Kier molecular flexibility index (Phi) is 6.13. The first-order valence-corrected chi connectivity index (χ1v) is 7.29. The van der Waals surface area contributed by atoms with E-state index in [-0.39, 0.29) is 0 Å². The van der Waals surface area contributed by atoms with Gasteiger partial charge in [-0.05, 0) is 51.0 Å². The summed E-state index contributed by atoms with van der Waals surface area (Å²) in [4.78, 5) is 2.83. The molecule has 0 amide bonds. The summed E-state index contributed by atoms with van der Waals surface area (Å²) in [6.45, 7) is 8.35. The van der Waals surface area contributed by atoms with Gasteiger partial charge in [-0.25, -0.2) is 0 Å². The lowest BCUT2D eigenvalue weighted by Crippen LogP contribution is -1.92. The van der Waals surface area contributed by atoms with Crippen LogP contribution >= 0.6 is 0 Å². The predicted molar refractivity (Wildman–Crippen MR) is 80.6 cm³/mol. The summed E-state index contributed by atoms with van der Waals surface area (Å²) in [7, 11) is 0. The zero-order valence-electron chi connectivity index (χ0n) is 11.3. The van der Waals surface area contributed by atoms with E-state index in [4.69, 9.17) is 0 Å². The molecule has 0 saturated heterocycles. The molecule has 92 valence electrons. The SMILES string of the molecule is CC.CC1=CC([SH+]c2ccc(C)cc2)=CCC1. The number of allylic oxidation sites excluding steroid dienone is 3. The molecule has 0 fully saturated rings. The molecule has 0 unspecified atom stereocenters. The molecular formula is C16H23S+. The second kappa shape index (κ2) is 7.39. The number of thiol groups is 1. The average molecular weight is 247 g/mol. The Morgan fingerprint density at radius 1 is 1.00 bits per heavy atom. The largest absolute Gasteiger partial charge is 0.158 e. The van der Waals surface area contributed by atoms with Gasteiger partial charge in [-0.15, -0.1) is 0 Å². The number of hydrogen-bond acceptors (Lipinski definition) is 0. The third-order valence-electron chi connectivity index (χ3n) is 2.58. The maximum Gasteiger partial charge on any atom is 0.158 e. The molecule has 1 aliphatic rings. The van der Waals surface area contributed by atoms with Crippen LogP contribution in [0.1, 0.15) is 39.2 Å². The van der Waals surface area contributed by atoms with Gasteiger partial charge in [-0.1, -0.05) is 37.1 Å². The van der Waals surface area contributed by atoms with Gasteiger partial charge in [-0.2, -0.15) is 0 Å². The number of aryl methyl sites for hydroxylation is 1. The zero-order chi connectivity index (χ0) is 12.7. The van der Waals surface area contributed by atoms with E-state index in [1.54, 1.807) is 0 Å². The molecule has 2 rings (SSSR count). The van der Waals surface area contributed by atoms with Crippen LogP contribution in [0.5, 0.6) is 0 Å². The first-order chi connectivity index (χ1) is 8.24. The van der Waals surface area contributed by atoms with Gasteiger partial charge in [0.05, 0.1) is 0 Å². The van der Waals surface area contributed by atoms with Crippen LogP contribution in [0, 0.1) is 6.92 Å². The summed E-state index contributed by atoms with van der Waals surface area (Å²) < 4.78 is 0. The molecule has 0 atom stereocenters. The fourth-order valence-electron chi connectivity index (χ4n) is 1.68. The molecule has 0 nitrogen and oxygen atoms in total. The van der Waals surface area contributed by atoms with Crippen molar-refractivity contribution in [3.63, 3.8) is 0 Å². The van der Waals surface area contributed by atoms with Gasteiger partial charge in [0.2, 0.25) is 0 Å². The lowest BCUT2D eigenvalue weighted by atomic mass is 10.1. The number of hydrogen-bond donors (Lipinski definition) is 0. The van der Waals surface area contributed by atoms with E-state index in [9.17, 15) is 0 Å². The predicted octanol–water partition coefficient (Wildman–Crippen LogP) is 4.82. The van der Waals surface area contributed by atoms with Crippen LogP contribution in [0.3, 0.4) is 0 Å². The van der Waals surface area contributed by atoms with E-state index >= 15 is 0 Å². The normalized spacial score (nSPS) is 14.4. The average Bonchev–Trinajstić information content (AvgIpc) is 2.35. The summed E-state index contributed by atoms with van der Waals surface area (Å²) in [5, 5.41) is 0. The van der Waals surface area contributed by atoms with Crippen LogP contribution in [-0.4, -0.2) is 0 Å². The molecule has 0 aromatic heterocycles. The second-order valence-electron chi connectivity index (χ2n) is 4.11. The minimum Gasteiger partial charge on any atom is -0.0683 e. The molecule has 0 spiro atoms. The lowest BCUT2D eigenvalue weighted by Gasteiger charge is -2.04. The summed E-state index contributed by atoms with van der Waals surface area (Å²) in [5.41, 5.74) is 2.84. The van der Waals surface area contributed by atoms with Crippen LogP contribution in [0.15, 0.2) is 51.8 Å². The standard InChI is InChI=1S/C14H16S.C2H6/c1-11-6-8-13(9-7-11)15-14-5-3-4-12(2)10-14;1-2/h5-10H,3-4H2,1-2H3;1-2H3/p+1. The molecule has 17 heavy (non-hydrogen) atoms. The van der Waals surface area contributed by atoms with Gasteiger partial charge >= 0.3 is 0 Å². The summed E-state index contributed by atoms with van der Waals surface area (Å²) in [6, 6.07) is 8.80. The summed E-state index contributed by atoms with van der Waals surface area (Å²) in [5.74, 6) is 0. The fourth-order valence-corrected chi connectivity index (χ4v) is 2.78. The highest BCUT2D eigenvalue weighted by Crippen LogP contribution is 2.21. The van der Waals surface area contributed by atoms with Crippen molar-refractivity contribution in [1.82, 2.24) is 0 Å². The molecule has 1 aromatic rings. The third kappa shape index (κ3) is 4.82. The van der Waals surface area contributed by atoms with Crippen LogP contribution < -0.4 is 0 Å². The van der Waals surface area contributed by atoms with Crippen LogP contribution in [0.2, 0.25) is 0 Å². The van der Waals surface area contributed by atoms with Gasteiger partial charge in [0.25, 0.3) is 0 Å². The van der Waals surface area contributed by atoms with Crippen molar-refractivity contribution < 1.29 is 0 Å². The molecule has 0 saturated carbocycles. The first-order valence-electron chi connectivity index (χ1n) is 6.40. The van der Waals surface area contributed by atoms with Crippen molar-refractivity contribution in [2.24, 2.45) is 0 Å². The van der Waals surface area contributed by atoms with Crippen LogP contribution in [-0.2, 0) is 11.8 Å². The highest BCUT2D eigenvalue weighted by Gasteiger charge is 2.11. The van der Waals surface area contributed by atoms with Crippen molar-refractivity contribution in [1.29, 1.82) is 0 Å². The van der Waals surface area contributed by atoms with E-state index in [1.165, 1.54) is 45.5 Å². The van der Waals surface area contributed by atoms with Crippen molar-refractivity contribution in [2.75, 3.05) is 0 Å². The maximum atomic E-state index is 2.36. The maximum absolute atomic E-state index is 2.36.